The Bertz CT molecular complexity index is 1160. The first kappa shape index (κ1) is 23.6. The van der Waals surface area contributed by atoms with Gasteiger partial charge in [-0.2, -0.15) is 0 Å². The van der Waals surface area contributed by atoms with Gasteiger partial charge in [0.1, 0.15) is 18.2 Å². The third-order valence-corrected chi connectivity index (χ3v) is 6.32. The molecule has 3 aromatic carbocycles. The number of hydrogen-bond acceptors (Lipinski definition) is 4. The minimum absolute atomic E-state index is 0.0534. The molecule has 1 aliphatic heterocycles. The Kier molecular flexibility index (Phi) is 7.06. The molecular weight excluding hydrogens is 433 g/mol. The van der Waals surface area contributed by atoms with Gasteiger partial charge in [0, 0.05) is 6.54 Å². The number of nitrogens with zero attached hydrogens (tertiary/aromatic N) is 1. The van der Waals surface area contributed by atoms with Crippen LogP contribution in [0.25, 0.3) is 0 Å². The van der Waals surface area contributed by atoms with E-state index in [4.69, 9.17) is 14.2 Å². The van der Waals surface area contributed by atoms with E-state index in [1.165, 1.54) is 17.7 Å². The number of halogens is 1. The van der Waals surface area contributed by atoms with Crippen molar-refractivity contribution in [2.75, 3.05) is 27.4 Å². The summed E-state index contributed by atoms with van der Waals surface area (Å²) < 4.78 is 31.6. The van der Waals surface area contributed by atoms with Crippen molar-refractivity contribution >= 4 is 5.91 Å². The number of rotatable bonds is 7. The maximum atomic E-state index is 14.5. The molecule has 0 saturated carbocycles. The second kappa shape index (κ2) is 10.2. The average molecular weight is 464 g/mol. The minimum atomic E-state index is -0.533. The van der Waals surface area contributed by atoms with Crippen molar-refractivity contribution < 1.29 is 23.4 Å². The fraction of sp³-hybridized carbons (Fsp3) is 0.321. The fourth-order valence-electron chi connectivity index (χ4n) is 4.36. The van der Waals surface area contributed by atoms with E-state index in [-0.39, 0.29) is 18.1 Å². The topological polar surface area (TPSA) is 48.0 Å². The molecule has 1 amide bonds. The van der Waals surface area contributed by atoms with Crippen molar-refractivity contribution in [3.63, 3.8) is 0 Å². The average Bonchev–Trinajstić information content (AvgIpc) is 2.86. The summed E-state index contributed by atoms with van der Waals surface area (Å²) >= 11 is 0. The summed E-state index contributed by atoms with van der Waals surface area (Å²) in [5, 5.41) is 0. The zero-order valence-corrected chi connectivity index (χ0v) is 20.0. The first-order valence-electron chi connectivity index (χ1n) is 11.5. The number of fused-ring (bicyclic) bond motifs is 1. The van der Waals surface area contributed by atoms with Crippen LogP contribution in [-0.2, 0) is 6.42 Å². The summed E-state index contributed by atoms with van der Waals surface area (Å²) in [7, 11) is 3.18. The minimum Gasteiger partial charge on any atom is -0.493 e. The normalized spacial score (nSPS) is 15.1. The van der Waals surface area contributed by atoms with Crippen LogP contribution in [0.3, 0.4) is 0 Å². The molecule has 34 heavy (non-hydrogen) atoms. The molecule has 0 fully saturated rings. The Balaban J connectivity index is 1.69. The molecule has 0 aliphatic carbocycles. The van der Waals surface area contributed by atoms with Crippen molar-refractivity contribution in [3.8, 4) is 17.2 Å². The third-order valence-electron chi connectivity index (χ3n) is 6.32. The molecule has 0 saturated heterocycles. The highest BCUT2D eigenvalue weighted by Gasteiger charge is 2.34. The highest BCUT2D eigenvalue weighted by atomic mass is 19.1. The smallest absolute Gasteiger partial charge is 0.257 e. The Labute approximate surface area is 200 Å². The summed E-state index contributed by atoms with van der Waals surface area (Å²) in [6.07, 6.45) is 0.621. The van der Waals surface area contributed by atoms with E-state index in [1.54, 1.807) is 31.3 Å². The van der Waals surface area contributed by atoms with Gasteiger partial charge in [-0.05, 0) is 65.4 Å². The quantitative estimate of drug-likeness (QED) is 0.445. The SMILES string of the molecule is COc1cc2c(cc1OC)[C@@H](COc1ccc(C(C)C)cc1)N(C(=O)c1ccccc1F)CC2. The monoisotopic (exact) mass is 463 g/mol. The largest absolute Gasteiger partial charge is 0.493 e. The Morgan fingerprint density at radius 1 is 1.03 bits per heavy atom. The van der Waals surface area contributed by atoms with E-state index >= 15 is 0 Å². The van der Waals surface area contributed by atoms with Crippen LogP contribution < -0.4 is 14.2 Å². The molecule has 4 rings (SSSR count). The van der Waals surface area contributed by atoms with Crippen LogP contribution in [0.5, 0.6) is 17.2 Å². The van der Waals surface area contributed by atoms with Crippen molar-refractivity contribution in [1.82, 2.24) is 4.90 Å². The third kappa shape index (κ3) is 4.72. The summed E-state index contributed by atoms with van der Waals surface area (Å²) in [6.45, 7) is 4.95. The zero-order valence-electron chi connectivity index (χ0n) is 20.0. The number of methoxy groups -OCH3 is 2. The standard InChI is InChI=1S/C28H30FNO4/c1-18(2)19-9-11-21(12-10-19)34-17-25-23-16-27(33-4)26(32-3)15-20(23)13-14-30(25)28(31)22-7-5-6-8-24(22)29/h5-12,15-16,18,25H,13-14,17H2,1-4H3/t25-/m1/s1. The van der Waals surface area contributed by atoms with Crippen molar-refractivity contribution in [1.29, 1.82) is 0 Å². The predicted octanol–water partition coefficient (Wildman–Crippen LogP) is 5.78. The van der Waals surface area contributed by atoms with Crippen LogP contribution in [0.15, 0.2) is 60.7 Å². The number of amides is 1. The Morgan fingerprint density at radius 2 is 1.71 bits per heavy atom. The molecule has 1 aliphatic rings. The van der Waals surface area contributed by atoms with Crippen LogP contribution in [0.4, 0.5) is 4.39 Å². The van der Waals surface area contributed by atoms with Gasteiger partial charge < -0.3 is 19.1 Å². The summed E-state index contributed by atoms with van der Waals surface area (Å²) in [5.41, 5.74) is 3.24. The second-order valence-electron chi connectivity index (χ2n) is 8.68. The molecule has 0 unspecified atom stereocenters. The molecule has 0 N–H and O–H groups in total. The predicted molar refractivity (Wildman–Crippen MR) is 129 cm³/mol. The van der Waals surface area contributed by atoms with Gasteiger partial charge in [0.05, 0.1) is 25.8 Å². The molecule has 0 spiro atoms. The van der Waals surface area contributed by atoms with Gasteiger partial charge in [0.2, 0.25) is 0 Å². The van der Waals surface area contributed by atoms with Gasteiger partial charge in [0.15, 0.2) is 11.5 Å². The fourth-order valence-corrected chi connectivity index (χ4v) is 4.36. The highest BCUT2D eigenvalue weighted by Crippen LogP contribution is 2.39. The molecule has 6 heteroatoms. The molecule has 0 bridgehead atoms. The highest BCUT2D eigenvalue weighted by molar-refractivity contribution is 5.95. The molecule has 5 nitrogen and oxygen atoms in total. The molecular formula is C28H30FNO4. The zero-order chi connectivity index (χ0) is 24.2. The van der Waals surface area contributed by atoms with Gasteiger partial charge in [-0.15, -0.1) is 0 Å². The van der Waals surface area contributed by atoms with Gasteiger partial charge >= 0.3 is 0 Å². The molecule has 0 radical (unpaired) electrons. The van der Waals surface area contributed by atoms with Gasteiger partial charge in [-0.3, -0.25) is 4.79 Å². The van der Waals surface area contributed by atoms with Crippen molar-refractivity contribution in [2.45, 2.75) is 32.2 Å². The van der Waals surface area contributed by atoms with Gasteiger partial charge in [0.25, 0.3) is 5.91 Å². The second-order valence-corrected chi connectivity index (χ2v) is 8.68. The first-order valence-corrected chi connectivity index (χ1v) is 11.5. The lowest BCUT2D eigenvalue weighted by molar-refractivity contribution is 0.0584. The van der Waals surface area contributed by atoms with Gasteiger partial charge in [-0.1, -0.05) is 38.1 Å². The van der Waals surface area contributed by atoms with E-state index in [0.717, 1.165) is 16.9 Å². The Hall–Kier alpha value is -3.54. The summed E-state index contributed by atoms with van der Waals surface area (Å²) in [5.74, 6) is 1.47. The van der Waals surface area contributed by atoms with E-state index in [0.29, 0.717) is 30.4 Å². The molecule has 1 heterocycles. The maximum Gasteiger partial charge on any atom is 0.257 e. The molecule has 1 atom stereocenters. The lowest BCUT2D eigenvalue weighted by Gasteiger charge is -2.37. The first-order chi connectivity index (χ1) is 16.4. The van der Waals surface area contributed by atoms with E-state index in [9.17, 15) is 9.18 Å². The lowest BCUT2D eigenvalue weighted by Crippen LogP contribution is -2.43. The van der Waals surface area contributed by atoms with E-state index in [2.05, 4.69) is 13.8 Å². The molecule has 178 valence electrons. The molecule has 0 aromatic heterocycles. The van der Waals surface area contributed by atoms with Crippen LogP contribution in [0.2, 0.25) is 0 Å². The van der Waals surface area contributed by atoms with Crippen LogP contribution in [0, 0.1) is 5.82 Å². The maximum absolute atomic E-state index is 14.5. The van der Waals surface area contributed by atoms with E-state index < -0.39 is 11.9 Å². The number of ether oxygens (including phenoxy) is 3. The van der Waals surface area contributed by atoms with Crippen molar-refractivity contribution in [2.24, 2.45) is 0 Å². The molecule has 3 aromatic rings. The number of carbonyl (C=O) groups is 1. The van der Waals surface area contributed by atoms with Crippen molar-refractivity contribution in [3.05, 3.63) is 88.7 Å². The summed E-state index contributed by atoms with van der Waals surface area (Å²) in [6, 6.07) is 17.5. The van der Waals surface area contributed by atoms with Crippen LogP contribution >= 0.6 is 0 Å². The summed E-state index contributed by atoms with van der Waals surface area (Å²) in [4.78, 5) is 15.1. The Morgan fingerprint density at radius 3 is 2.35 bits per heavy atom. The number of carbonyl (C=O) groups excluding carboxylic acids is 1. The lowest BCUT2D eigenvalue weighted by atomic mass is 9.91. The van der Waals surface area contributed by atoms with Gasteiger partial charge in [-0.25, -0.2) is 4.39 Å². The number of hydrogen-bond donors (Lipinski definition) is 0. The van der Waals surface area contributed by atoms with E-state index in [1.807, 2.05) is 36.4 Å². The van der Waals surface area contributed by atoms with Crippen LogP contribution in [0.1, 0.15) is 52.9 Å². The number of benzene rings is 3. The van der Waals surface area contributed by atoms with Crippen LogP contribution in [-0.4, -0.2) is 38.2 Å².